The molecule has 1 aliphatic carbocycles. The molecule has 116 valence electrons. The van der Waals surface area contributed by atoms with Crippen molar-refractivity contribution in [3.63, 3.8) is 0 Å². The van der Waals surface area contributed by atoms with Crippen LogP contribution in [0.1, 0.15) is 30.1 Å². The average molecular weight is 335 g/mol. The molecule has 1 saturated carbocycles. The van der Waals surface area contributed by atoms with E-state index in [0.717, 1.165) is 18.9 Å². The van der Waals surface area contributed by atoms with E-state index < -0.39 is 26.6 Å². The second-order valence-electron chi connectivity index (χ2n) is 5.10. The highest BCUT2D eigenvalue weighted by molar-refractivity contribution is 7.89. The van der Waals surface area contributed by atoms with Crippen LogP contribution in [0.25, 0.3) is 0 Å². The van der Waals surface area contributed by atoms with Crippen LogP contribution in [-0.4, -0.2) is 32.3 Å². The summed E-state index contributed by atoms with van der Waals surface area (Å²) in [5.74, 6) is -1.01. The van der Waals surface area contributed by atoms with E-state index >= 15 is 0 Å². The van der Waals surface area contributed by atoms with Crippen LogP contribution in [-0.2, 0) is 10.0 Å². The number of carbonyl (C=O) groups excluding carboxylic acids is 1. The van der Waals surface area contributed by atoms with Gasteiger partial charge in [0.05, 0.1) is 15.5 Å². The Balaban J connectivity index is 2.41. The maximum absolute atomic E-state index is 13.7. The number of nitrogens with two attached hydrogens (primary N) is 1. The van der Waals surface area contributed by atoms with E-state index in [-0.39, 0.29) is 10.6 Å². The highest BCUT2D eigenvalue weighted by atomic mass is 35.5. The molecule has 0 saturated heterocycles. The zero-order valence-electron chi connectivity index (χ0n) is 11.5. The lowest BCUT2D eigenvalue weighted by atomic mass is 10.1. The molecule has 2 rings (SSSR count). The largest absolute Gasteiger partial charge is 0.339 e. The molecule has 0 atom stereocenters. The van der Waals surface area contributed by atoms with Gasteiger partial charge in [-0.25, -0.2) is 17.9 Å². The third-order valence-corrected chi connectivity index (χ3v) is 4.68. The van der Waals surface area contributed by atoms with Gasteiger partial charge in [0.25, 0.3) is 5.91 Å². The first kappa shape index (κ1) is 16.2. The molecular weight excluding hydrogens is 319 g/mol. The van der Waals surface area contributed by atoms with Gasteiger partial charge in [-0.05, 0) is 37.8 Å². The Morgan fingerprint density at radius 3 is 2.57 bits per heavy atom. The van der Waals surface area contributed by atoms with E-state index in [1.807, 2.05) is 0 Å². The molecule has 8 heteroatoms. The Kier molecular flexibility index (Phi) is 4.55. The lowest BCUT2D eigenvalue weighted by Crippen LogP contribution is -2.33. The smallest absolute Gasteiger partial charge is 0.255 e. The van der Waals surface area contributed by atoms with Crippen molar-refractivity contribution in [2.45, 2.75) is 24.7 Å². The molecule has 2 N–H and O–H groups in total. The number of benzene rings is 1. The van der Waals surface area contributed by atoms with Gasteiger partial charge in [0.1, 0.15) is 5.82 Å². The standard InChI is InChI=1S/C13H16ClFN2O3S/c1-2-17(7-8-3-4-8)13(18)10-5-9(21(16,19)20)6-11(15)12(10)14/h5-6,8H,2-4,7H2,1H3,(H2,16,19,20). The molecule has 1 aromatic carbocycles. The Hall–Kier alpha value is -1.18. The van der Waals surface area contributed by atoms with Crippen molar-refractivity contribution < 1.29 is 17.6 Å². The molecule has 5 nitrogen and oxygen atoms in total. The first-order valence-electron chi connectivity index (χ1n) is 6.55. The lowest BCUT2D eigenvalue weighted by molar-refractivity contribution is 0.0756. The zero-order chi connectivity index (χ0) is 15.8. The molecule has 21 heavy (non-hydrogen) atoms. The number of carbonyl (C=O) groups is 1. The van der Waals surface area contributed by atoms with Crippen LogP contribution in [0.3, 0.4) is 0 Å². The van der Waals surface area contributed by atoms with Crippen molar-refractivity contribution in [3.05, 3.63) is 28.5 Å². The highest BCUT2D eigenvalue weighted by Crippen LogP contribution is 2.31. The van der Waals surface area contributed by atoms with E-state index in [2.05, 4.69) is 0 Å². The average Bonchev–Trinajstić information content (AvgIpc) is 3.21. The molecule has 0 radical (unpaired) electrons. The van der Waals surface area contributed by atoms with Crippen molar-refractivity contribution in [2.24, 2.45) is 11.1 Å². The van der Waals surface area contributed by atoms with Crippen molar-refractivity contribution >= 4 is 27.5 Å². The number of amides is 1. The Morgan fingerprint density at radius 2 is 2.10 bits per heavy atom. The summed E-state index contributed by atoms with van der Waals surface area (Å²) in [4.78, 5) is 13.5. The number of hydrogen-bond donors (Lipinski definition) is 1. The van der Waals surface area contributed by atoms with E-state index in [1.54, 1.807) is 6.92 Å². The normalized spacial score (nSPS) is 15.0. The fourth-order valence-corrected chi connectivity index (χ4v) is 2.76. The van der Waals surface area contributed by atoms with E-state index in [1.165, 1.54) is 4.90 Å². The fourth-order valence-electron chi connectivity index (χ4n) is 2.02. The van der Waals surface area contributed by atoms with Crippen LogP contribution in [0.15, 0.2) is 17.0 Å². The molecule has 0 unspecified atom stereocenters. The topological polar surface area (TPSA) is 80.5 Å². The number of nitrogens with zero attached hydrogens (tertiary/aromatic N) is 1. The molecule has 1 amide bonds. The molecule has 0 spiro atoms. The Morgan fingerprint density at radius 1 is 1.48 bits per heavy atom. The molecule has 1 fully saturated rings. The minimum atomic E-state index is -4.11. The molecule has 0 heterocycles. The van der Waals surface area contributed by atoms with Gasteiger partial charge in [0, 0.05) is 13.1 Å². The number of hydrogen-bond acceptors (Lipinski definition) is 3. The Labute approximate surface area is 127 Å². The number of primary sulfonamides is 1. The van der Waals surface area contributed by atoms with Crippen molar-refractivity contribution in [1.29, 1.82) is 0 Å². The number of halogens is 2. The number of sulfonamides is 1. The van der Waals surface area contributed by atoms with Gasteiger partial charge in [-0.1, -0.05) is 11.6 Å². The predicted molar refractivity (Wildman–Crippen MR) is 77.1 cm³/mol. The quantitative estimate of drug-likeness (QED) is 0.894. The van der Waals surface area contributed by atoms with Gasteiger partial charge < -0.3 is 4.90 Å². The fraction of sp³-hybridized carbons (Fsp3) is 0.462. The molecule has 0 bridgehead atoms. The van der Waals surface area contributed by atoms with Crippen LogP contribution in [0, 0.1) is 11.7 Å². The number of rotatable bonds is 5. The summed E-state index contributed by atoms with van der Waals surface area (Å²) in [5, 5.41) is 4.59. The van der Waals surface area contributed by atoms with Crippen molar-refractivity contribution in [2.75, 3.05) is 13.1 Å². The summed E-state index contributed by atoms with van der Waals surface area (Å²) in [7, 11) is -4.11. The molecular formula is C13H16ClFN2O3S. The van der Waals surface area contributed by atoms with Crippen LogP contribution in [0.2, 0.25) is 5.02 Å². The van der Waals surface area contributed by atoms with Crippen molar-refractivity contribution in [1.82, 2.24) is 4.90 Å². The van der Waals surface area contributed by atoms with Gasteiger partial charge in [0.2, 0.25) is 10.0 Å². The van der Waals surface area contributed by atoms with Gasteiger partial charge in [-0.2, -0.15) is 0 Å². The van der Waals surface area contributed by atoms with Gasteiger partial charge in [0.15, 0.2) is 0 Å². The maximum Gasteiger partial charge on any atom is 0.255 e. The van der Waals surface area contributed by atoms with E-state index in [0.29, 0.717) is 25.1 Å². The molecule has 0 aromatic heterocycles. The second kappa shape index (κ2) is 5.90. The molecule has 1 aliphatic rings. The SMILES string of the molecule is CCN(CC1CC1)C(=O)c1cc(S(N)(=O)=O)cc(F)c1Cl. The van der Waals surface area contributed by atoms with E-state index in [9.17, 15) is 17.6 Å². The molecule has 0 aliphatic heterocycles. The summed E-state index contributed by atoms with van der Waals surface area (Å²) in [6.07, 6.45) is 2.12. The second-order valence-corrected chi connectivity index (χ2v) is 7.04. The summed E-state index contributed by atoms with van der Waals surface area (Å²) < 4.78 is 36.4. The first-order valence-corrected chi connectivity index (χ1v) is 8.47. The maximum atomic E-state index is 13.7. The van der Waals surface area contributed by atoms with Gasteiger partial charge in [-0.3, -0.25) is 4.79 Å². The lowest BCUT2D eigenvalue weighted by Gasteiger charge is -2.21. The third-order valence-electron chi connectivity index (χ3n) is 3.41. The van der Waals surface area contributed by atoms with Crippen molar-refractivity contribution in [3.8, 4) is 0 Å². The summed E-state index contributed by atoms with van der Waals surface area (Å²) >= 11 is 5.81. The summed E-state index contributed by atoms with van der Waals surface area (Å²) in [5.41, 5.74) is -0.178. The molecule has 1 aromatic rings. The van der Waals surface area contributed by atoms with Crippen LogP contribution in [0.5, 0.6) is 0 Å². The van der Waals surface area contributed by atoms with Gasteiger partial charge >= 0.3 is 0 Å². The predicted octanol–water partition coefficient (Wildman–Crippen LogP) is 2.00. The Bertz CT molecular complexity index is 674. The van der Waals surface area contributed by atoms with Gasteiger partial charge in [-0.15, -0.1) is 0 Å². The minimum absolute atomic E-state index is 0.178. The van der Waals surface area contributed by atoms with Crippen LogP contribution < -0.4 is 5.14 Å². The monoisotopic (exact) mass is 334 g/mol. The third kappa shape index (κ3) is 3.72. The minimum Gasteiger partial charge on any atom is -0.339 e. The van der Waals surface area contributed by atoms with Crippen LogP contribution >= 0.6 is 11.6 Å². The van der Waals surface area contributed by atoms with Crippen LogP contribution in [0.4, 0.5) is 4.39 Å². The summed E-state index contributed by atoms with van der Waals surface area (Å²) in [6.45, 7) is 2.80. The summed E-state index contributed by atoms with van der Waals surface area (Å²) in [6, 6.07) is 1.74. The zero-order valence-corrected chi connectivity index (χ0v) is 13.0. The highest BCUT2D eigenvalue weighted by Gasteiger charge is 2.28. The first-order chi connectivity index (χ1) is 9.74. The van der Waals surface area contributed by atoms with E-state index in [4.69, 9.17) is 16.7 Å².